The number of carbonyl (C=O) groups excluding carboxylic acids is 1. The Morgan fingerprint density at radius 3 is 2.25 bits per heavy atom. The van der Waals surface area contributed by atoms with Crippen LogP contribution in [0.1, 0.15) is 0 Å². The maximum Gasteiger partial charge on any atom is 0.263 e. The lowest BCUT2D eigenvalue weighted by Gasteiger charge is -2.00. The molecule has 0 spiro atoms. The number of nitrogens with zero attached hydrogens (tertiary/aromatic N) is 1. The van der Waals surface area contributed by atoms with Crippen molar-refractivity contribution >= 4 is 5.91 Å². The second kappa shape index (κ2) is 3.07. The third kappa shape index (κ3) is 5.01. The number of carbonyl (C=O) groups is 1. The fourth-order valence-corrected chi connectivity index (χ4v) is 0.217. The van der Waals surface area contributed by atoms with Gasteiger partial charge in [0.1, 0.15) is 0 Å². The molecule has 0 aliphatic rings. The minimum atomic E-state index is -0.668. The Morgan fingerprint density at radius 2 is 2.12 bits per heavy atom. The fraction of sp³-hybridized carbons (Fsp3) is 0.400. The van der Waals surface area contributed by atoms with E-state index < -0.39 is 5.91 Å². The summed E-state index contributed by atoms with van der Waals surface area (Å²) in [4.78, 5) is 11.6. The lowest BCUT2D eigenvalue weighted by Crippen LogP contribution is -2.02. The van der Waals surface area contributed by atoms with E-state index in [1.54, 1.807) is 19.0 Å². The molecule has 1 N–H and O–H groups in total. The van der Waals surface area contributed by atoms with Crippen molar-refractivity contribution in [3.05, 3.63) is 12.3 Å². The predicted molar refractivity (Wildman–Crippen MR) is 30.9 cm³/mol. The van der Waals surface area contributed by atoms with Crippen LogP contribution in [0.25, 0.3) is 0 Å². The standard InChI is InChI=1S/C5H9N2O/c1-7(2)4-3-5(6)8/h3-4,6H,1-2H3/b4-3+. The molecule has 1 radical (unpaired) electrons. The van der Waals surface area contributed by atoms with Crippen molar-refractivity contribution in [3.8, 4) is 0 Å². The first-order valence-corrected chi connectivity index (χ1v) is 2.23. The van der Waals surface area contributed by atoms with Gasteiger partial charge in [-0.15, -0.1) is 0 Å². The zero-order valence-electron chi connectivity index (χ0n) is 5.01. The number of hydrogen-bond acceptors (Lipinski definition) is 2. The molecule has 0 saturated carbocycles. The number of hydrogen-bond donors (Lipinski definition) is 0. The molecule has 0 atom stereocenters. The summed E-state index contributed by atoms with van der Waals surface area (Å²) in [5.74, 6) is -0.668. The Morgan fingerprint density at radius 1 is 1.62 bits per heavy atom. The van der Waals surface area contributed by atoms with E-state index in [-0.39, 0.29) is 0 Å². The van der Waals surface area contributed by atoms with Gasteiger partial charge in [-0.25, -0.2) is 0 Å². The fourth-order valence-electron chi connectivity index (χ4n) is 0.217. The molecule has 0 heterocycles. The molecule has 0 bridgehead atoms. The van der Waals surface area contributed by atoms with Crippen LogP contribution in [0.2, 0.25) is 0 Å². The first kappa shape index (κ1) is 7.01. The Bertz CT molecular complexity index is 107. The molecule has 0 aromatic carbocycles. The van der Waals surface area contributed by atoms with Crippen molar-refractivity contribution in [3.63, 3.8) is 0 Å². The van der Waals surface area contributed by atoms with Crippen LogP contribution in [-0.2, 0) is 4.79 Å². The SMILES string of the molecule is CN(C)/C=C/C([NH])=O. The van der Waals surface area contributed by atoms with Gasteiger partial charge in [-0.05, 0) is 0 Å². The molecular formula is C5H9N2O. The Labute approximate surface area is 48.8 Å². The van der Waals surface area contributed by atoms with E-state index >= 15 is 0 Å². The molecular weight excluding hydrogens is 104 g/mol. The number of amides is 1. The van der Waals surface area contributed by atoms with Crippen LogP contribution in [0.5, 0.6) is 0 Å². The van der Waals surface area contributed by atoms with Gasteiger partial charge in [0.15, 0.2) is 0 Å². The van der Waals surface area contributed by atoms with E-state index in [0.717, 1.165) is 0 Å². The predicted octanol–water partition coefficient (Wildman–Crippen LogP) is -0.129. The van der Waals surface area contributed by atoms with Gasteiger partial charge in [0.05, 0.1) is 0 Å². The second-order valence-electron chi connectivity index (χ2n) is 1.64. The maximum atomic E-state index is 9.90. The number of rotatable bonds is 2. The van der Waals surface area contributed by atoms with Gasteiger partial charge in [-0.1, -0.05) is 0 Å². The van der Waals surface area contributed by atoms with E-state index in [2.05, 4.69) is 0 Å². The molecule has 8 heavy (non-hydrogen) atoms. The van der Waals surface area contributed by atoms with E-state index in [1.807, 2.05) is 0 Å². The highest BCUT2D eigenvalue weighted by Gasteiger charge is 1.81. The van der Waals surface area contributed by atoms with E-state index in [4.69, 9.17) is 5.73 Å². The highest BCUT2D eigenvalue weighted by Crippen LogP contribution is 1.74. The molecule has 0 rings (SSSR count). The third-order valence-electron chi connectivity index (χ3n) is 0.524. The summed E-state index contributed by atoms with van der Waals surface area (Å²) < 4.78 is 0. The van der Waals surface area contributed by atoms with Crippen molar-refractivity contribution in [1.82, 2.24) is 10.6 Å². The second-order valence-corrected chi connectivity index (χ2v) is 1.64. The van der Waals surface area contributed by atoms with Gasteiger partial charge in [-0.2, -0.15) is 0 Å². The molecule has 45 valence electrons. The van der Waals surface area contributed by atoms with Gasteiger partial charge in [0.2, 0.25) is 0 Å². The zero-order chi connectivity index (χ0) is 6.57. The zero-order valence-corrected chi connectivity index (χ0v) is 5.01. The largest absolute Gasteiger partial charge is 0.383 e. The molecule has 0 saturated heterocycles. The highest BCUT2D eigenvalue weighted by molar-refractivity contribution is 5.84. The van der Waals surface area contributed by atoms with Crippen LogP contribution in [0.15, 0.2) is 12.3 Å². The minimum absolute atomic E-state index is 0.668. The quantitative estimate of drug-likeness (QED) is 0.468. The summed E-state index contributed by atoms with van der Waals surface area (Å²) in [5.41, 5.74) is 6.42. The van der Waals surface area contributed by atoms with Crippen LogP contribution in [0.4, 0.5) is 0 Å². The average Bonchev–Trinajstić information content (AvgIpc) is 1.61. The Kier molecular flexibility index (Phi) is 2.69. The van der Waals surface area contributed by atoms with Crippen molar-refractivity contribution in [2.75, 3.05) is 14.1 Å². The molecule has 3 heteroatoms. The van der Waals surface area contributed by atoms with E-state index in [9.17, 15) is 4.79 Å². The van der Waals surface area contributed by atoms with Gasteiger partial charge in [0, 0.05) is 26.4 Å². The third-order valence-corrected chi connectivity index (χ3v) is 0.524. The maximum absolute atomic E-state index is 9.90. The number of nitrogens with one attached hydrogen (secondary N) is 1. The van der Waals surface area contributed by atoms with E-state index in [1.165, 1.54) is 12.3 Å². The normalized spacial score (nSPS) is 9.75. The van der Waals surface area contributed by atoms with Gasteiger partial charge in [-0.3, -0.25) is 10.5 Å². The molecule has 0 aliphatic carbocycles. The molecule has 0 unspecified atom stereocenters. The van der Waals surface area contributed by atoms with Crippen LogP contribution in [0, 0.1) is 0 Å². The van der Waals surface area contributed by atoms with Crippen molar-refractivity contribution in [2.45, 2.75) is 0 Å². The van der Waals surface area contributed by atoms with Gasteiger partial charge in [0.25, 0.3) is 5.91 Å². The van der Waals surface area contributed by atoms with Crippen molar-refractivity contribution in [1.29, 1.82) is 0 Å². The van der Waals surface area contributed by atoms with Gasteiger partial charge >= 0.3 is 0 Å². The first-order chi connectivity index (χ1) is 3.63. The summed E-state index contributed by atoms with van der Waals surface area (Å²) in [6.07, 6.45) is 2.73. The van der Waals surface area contributed by atoms with Crippen LogP contribution in [-0.4, -0.2) is 24.9 Å². The van der Waals surface area contributed by atoms with Crippen molar-refractivity contribution in [2.24, 2.45) is 0 Å². The van der Waals surface area contributed by atoms with Crippen LogP contribution >= 0.6 is 0 Å². The molecule has 1 amide bonds. The van der Waals surface area contributed by atoms with E-state index in [0.29, 0.717) is 0 Å². The summed E-state index contributed by atoms with van der Waals surface area (Å²) in [7, 11) is 3.58. The Hall–Kier alpha value is -0.990. The average molecular weight is 113 g/mol. The summed E-state index contributed by atoms with van der Waals surface area (Å²) in [5, 5.41) is 0. The Balaban J connectivity index is 3.50. The molecule has 0 aliphatic heterocycles. The lowest BCUT2D eigenvalue weighted by molar-refractivity contribution is -0.114. The minimum Gasteiger partial charge on any atom is -0.383 e. The molecule has 0 aromatic heterocycles. The highest BCUT2D eigenvalue weighted by atomic mass is 16.1. The smallest absolute Gasteiger partial charge is 0.263 e. The topological polar surface area (TPSA) is 44.1 Å². The summed E-state index contributed by atoms with van der Waals surface area (Å²) >= 11 is 0. The molecule has 0 aromatic rings. The molecule has 0 fully saturated rings. The van der Waals surface area contributed by atoms with Crippen LogP contribution in [0.3, 0.4) is 0 Å². The first-order valence-electron chi connectivity index (χ1n) is 2.23. The summed E-state index contributed by atoms with van der Waals surface area (Å²) in [6.45, 7) is 0. The van der Waals surface area contributed by atoms with Crippen molar-refractivity contribution < 1.29 is 4.79 Å². The van der Waals surface area contributed by atoms with Gasteiger partial charge < -0.3 is 4.90 Å². The van der Waals surface area contributed by atoms with Crippen LogP contribution < -0.4 is 5.73 Å². The lowest BCUT2D eigenvalue weighted by atomic mass is 10.6. The monoisotopic (exact) mass is 113 g/mol. The summed E-state index contributed by atoms with van der Waals surface area (Å²) in [6, 6.07) is 0. The molecule has 3 nitrogen and oxygen atoms in total.